The van der Waals surface area contributed by atoms with E-state index in [0.717, 1.165) is 4.52 Å². The number of rotatable bonds is 0. The molecule has 0 amide bonds. The van der Waals surface area contributed by atoms with E-state index in [1.54, 1.807) is 0 Å². The summed E-state index contributed by atoms with van der Waals surface area (Å²) in [4.78, 5) is 19.0. The van der Waals surface area contributed by atoms with Crippen LogP contribution in [0.25, 0.3) is 11.5 Å². The molecule has 2 aromatic heterocycles. The lowest BCUT2D eigenvalue weighted by Gasteiger charge is -1.90. The van der Waals surface area contributed by atoms with Crippen LogP contribution in [-0.4, -0.2) is 24.7 Å². The molecule has 0 unspecified atom stereocenters. The SMILES string of the molecule is C/C(O)=c1\cnc2ncnn2c1=O. The van der Waals surface area contributed by atoms with Gasteiger partial charge in [0.25, 0.3) is 11.3 Å². The van der Waals surface area contributed by atoms with Gasteiger partial charge in [-0.25, -0.2) is 4.98 Å². The van der Waals surface area contributed by atoms with Gasteiger partial charge in [0.05, 0.1) is 5.22 Å². The van der Waals surface area contributed by atoms with Crippen molar-refractivity contribution < 1.29 is 5.11 Å². The first-order valence-corrected chi connectivity index (χ1v) is 3.59. The molecule has 66 valence electrons. The Bertz CT molecular complexity index is 555. The fourth-order valence-corrected chi connectivity index (χ4v) is 1.01. The van der Waals surface area contributed by atoms with Crippen molar-refractivity contribution in [2.45, 2.75) is 6.92 Å². The molecule has 0 aliphatic carbocycles. The monoisotopic (exact) mass is 178 g/mol. The van der Waals surface area contributed by atoms with Crippen molar-refractivity contribution in [3.8, 4) is 0 Å². The molecule has 2 aromatic rings. The summed E-state index contributed by atoms with van der Waals surface area (Å²) >= 11 is 0. The number of hydrogen-bond acceptors (Lipinski definition) is 5. The van der Waals surface area contributed by atoms with E-state index in [0.29, 0.717) is 0 Å². The first-order valence-electron chi connectivity index (χ1n) is 3.59. The molecule has 2 rings (SSSR count). The van der Waals surface area contributed by atoms with Gasteiger partial charge in [-0.2, -0.15) is 14.6 Å². The molecule has 0 aliphatic rings. The minimum absolute atomic E-state index is 0.0742. The van der Waals surface area contributed by atoms with Crippen LogP contribution in [0.4, 0.5) is 0 Å². The minimum atomic E-state index is -0.414. The van der Waals surface area contributed by atoms with E-state index >= 15 is 0 Å². The quantitative estimate of drug-likeness (QED) is 0.553. The third-order valence-corrected chi connectivity index (χ3v) is 1.65. The van der Waals surface area contributed by atoms with Crippen molar-refractivity contribution in [3.05, 3.63) is 28.1 Å². The number of nitrogens with zero attached hydrogens (tertiary/aromatic N) is 4. The standard InChI is InChI=1S/C7H6N4O2/c1-4(12)5-2-8-7-9-3-10-11(7)6(5)13/h2-3,12H,1H3/b5-4-. The molecule has 1 N–H and O–H groups in total. The summed E-state index contributed by atoms with van der Waals surface area (Å²) in [5.41, 5.74) is -0.414. The molecule has 0 fully saturated rings. The third-order valence-electron chi connectivity index (χ3n) is 1.65. The van der Waals surface area contributed by atoms with Gasteiger partial charge >= 0.3 is 0 Å². The number of aliphatic hydroxyl groups excluding tert-OH is 1. The summed E-state index contributed by atoms with van der Waals surface area (Å²) < 4.78 is 1.04. The van der Waals surface area contributed by atoms with E-state index < -0.39 is 5.56 Å². The van der Waals surface area contributed by atoms with Gasteiger partial charge < -0.3 is 5.11 Å². The Balaban J connectivity index is 3.07. The average Bonchev–Trinajstić information content (AvgIpc) is 2.52. The number of fused-ring (bicyclic) bond motifs is 1. The summed E-state index contributed by atoms with van der Waals surface area (Å²) in [6.45, 7) is 1.42. The molecule has 0 aromatic carbocycles. The lowest BCUT2D eigenvalue weighted by molar-refractivity contribution is 0.497. The molecule has 0 saturated carbocycles. The van der Waals surface area contributed by atoms with Crippen LogP contribution in [0, 0.1) is 0 Å². The van der Waals surface area contributed by atoms with E-state index in [9.17, 15) is 4.79 Å². The Labute approximate surface area is 72.2 Å². The lowest BCUT2D eigenvalue weighted by atomic mass is 10.4. The highest BCUT2D eigenvalue weighted by Crippen LogP contribution is 1.83. The normalized spacial score (nSPS) is 13.3. The van der Waals surface area contributed by atoms with Gasteiger partial charge in [0.2, 0.25) is 0 Å². The largest absolute Gasteiger partial charge is 0.512 e. The van der Waals surface area contributed by atoms with E-state index in [2.05, 4.69) is 15.1 Å². The number of aromatic nitrogens is 4. The zero-order valence-electron chi connectivity index (χ0n) is 6.80. The predicted molar refractivity (Wildman–Crippen MR) is 44.0 cm³/mol. The average molecular weight is 178 g/mol. The summed E-state index contributed by atoms with van der Waals surface area (Å²) in [5.74, 6) is 0.157. The van der Waals surface area contributed by atoms with Gasteiger partial charge in [-0.3, -0.25) is 4.79 Å². The second kappa shape index (κ2) is 2.51. The molecule has 0 atom stereocenters. The Kier molecular flexibility index (Phi) is 1.48. The van der Waals surface area contributed by atoms with E-state index in [1.165, 1.54) is 19.4 Å². The summed E-state index contributed by atoms with van der Waals surface area (Å²) in [7, 11) is 0. The molecule has 0 bridgehead atoms. The van der Waals surface area contributed by atoms with E-state index in [-0.39, 0.29) is 16.8 Å². The molecule has 6 nitrogen and oxygen atoms in total. The highest BCUT2D eigenvalue weighted by molar-refractivity contribution is 5.32. The highest BCUT2D eigenvalue weighted by Gasteiger charge is 2.02. The molecule has 0 saturated heterocycles. The fourth-order valence-electron chi connectivity index (χ4n) is 1.01. The van der Waals surface area contributed by atoms with Gasteiger partial charge in [0, 0.05) is 6.20 Å². The smallest absolute Gasteiger partial charge is 0.286 e. The topological polar surface area (TPSA) is 80.4 Å². The van der Waals surface area contributed by atoms with Crippen LogP contribution >= 0.6 is 0 Å². The van der Waals surface area contributed by atoms with Crippen LogP contribution in [-0.2, 0) is 0 Å². The first-order chi connectivity index (χ1) is 6.20. The molecule has 0 spiro atoms. The van der Waals surface area contributed by atoms with Gasteiger partial charge in [-0.15, -0.1) is 0 Å². The van der Waals surface area contributed by atoms with Crippen molar-refractivity contribution in [2.24, 2.45) is 0 Å². The maximum atomic E-state index is 11.5. The van der Waals surface area contributed by atoms with E-state index in [4.69, 9.17) is 5.11 Å². The van der Waals surface area contributed by atoms with Crippen LogP contribution in [0.1, 0.15) is 6.92 Å². The summed E-state index contributed by atoms with van der Waals surface area (Å²) in [6.07, 6.45) is 2.52. The van der Waals surface area contributed by atoms with Crippen molar-refractivity contribution in [3.63, 3.8) is 0 Å². The van der Waals surface area contributed by atoms with Gasteiger partial charge in [-0.1, -0.05) is 0 Å². The molecule has 2 heterocycles. The molecule has 0 radical (unpaired) electrons. The van der Waals surface area contributed by atoms with Crippen LogP contribution in [0.2, 0.25) is 0 Å². The first kappa shape index (κ1) is 7.66. The molecule has 0 aliphatic heterocycles. The maximum absolute atomic E-state index is 11.5. The Morgan fingerprint density at radius 2 is 2.31 bits per heavy atom. The van der Waals surface area contributed by atoms with E-state index in [1.807, 2.05) is 0 Å². The number of aliphatic hydroxyl groups is 1. The second-order valence-corrected chi connectivity index (χ2v) is 2.53. The highest BCUT2D eigenvalue weighted by atomic mass is 16.3. The predicted octanol–water partition coefficient (Wildman–Crippen LogP) is -1.11. The van der Waals surface area contributed by atoms with Gasteiger partial charge in [-0.05, 0) is 6.92 Å². The zero-order chi connectivity index (χ0) is 9.42. The fraction of sp³-hybridized carbons (Fsp3) is 0.143. The van der Waals surface area contributed by atoms with Crippen molar-refractivity contribution in [1.82, 2.24) is 19.6 Å². The van der Waals surface area contributed by atoms with Crippen molar-refractivity contribution in [2.75, 3.05) is 0 Å². The molecule has 13 heavy (non-hydrogen) atoms. The lowest BCUT2D eigenvalue weighted by Crippen LogP contribution is -2.33. The van der Waals surface area contributed by atoms with Crippen LogP contribution in [0.3, 0.4) is 0 Å². The van der Waals surface area contributed by atoms with Crippen LogP contribution < -0.4 is 10.8 Å². The third kappa shape index (κ3) is 1.03. The van der Waals surface area contributed by atoms with Gasteiger partial charge in [0.15, 0.2) is 0 Å². The summed E-state index contributed by atoms with van der Waals surface area (Å²) in [5, 5.41) is 12.9. The Morgan fingerprint density at radius 1 is 1.54 bits per heavy atom. The van der Waals surface area contributed by atoms with Crippen molar-refractivity contribution >= 4 is 11.5 Å². The zero-order valence-corrected chi connectivity index (χ0v) is 6.80. The maximum Gasteiger partial charge on any atom is 0.286 e. The molecular weight excluding hydrogens is 172 g/mol. The molecular formula is C7H6N4O2. The Hall–Kier alpha value is -1.98. The minimum Gasteiger partial charge on any atom is -0.512 e. The van der Waals surface area contributed by atoms with Crippen LogP contribution in [0.15, 0.2) is 17.3 Å². The molecule has 6 heteroatoms. The second-order valence-electron chi connectivity index (χ2n) is 2.53. The summed E-state index contributed by atoms with van der Waals surface area (Å²) in [6, 6.07) is 0. The number of hydrogen-bond donors (Lipinski definition) is 1. The van der Waals surface area contributed by atoms with Gasteiger partial charge in [0.1, 0.15) is 12.1 Å². The Morgan fingerprint density at radius 3 is 3.00 bits per heavy atom. The van der Waals surface area contributed by atoms with Crippen molar-refractivity contribution in [1.29, 1.82) is 0 Å². The van der Waals surface area contributed by atoms with Crippen LogP contribution in [0.5, 0.6) is 0 Å².